The van der Waals surface area contributed by atoms with Crippen LogP contribution in [0.3, 0.4) is 0 Å². The van der Waals surface area contributed by atoms with Gasteiger partial charge in [0.05, 0.1) is 5.69 Å². The average Bonchev–Trinajstić information content (AvgIpc) is 2.25. The van der Waals surface area contributed by atoms with Crippen molar-refractivity contribution >= 4 is 11.4 Å². The van der Waals surface area contributed by atoms with Crippen LogP contribution in [0.4, 0.5) is 0 Å². The van der Waals surface area contributed by atoms with E-state index >= 15 is 0 Å². The van der Waals surface area contributed by atoms with Crippen LogP contribution in [0, 0.1) is 13.8 Å². The van der Waals surface area contributed by atoms with Crippen LogP contribution < -0.4 is 0 Å². The summed E-state index contributed by atoms with van der Waals surface area (Å²) in [6, 6.07) is 0. The van der Waals surface area contributed by atoms with Gasteiger partial charge < -0.3 is 0 Å². The summed E-state index contributed by atoms with van der Waals surface area (Å²) in [5.41, 5.74) is 4.14. The van der Waals surface area contributed by atoms with E-state index in [0.29, 0.717) is 0 Å². The molecule has 0 aromatic carbocycles. The Labute approximate surface area is 84.4 Å². The highest BCUT2D eigenvalue weighted by molar-refractivity contribution is 5.95. The highest BCUT2D eigenvalue weighted by Gasteiger charge is 2.10. The number of ketones is 1. The van der Waals surface area contributed by atoms with E-state index in [-0.39, 0.29) is 5.78 Å². The van der Waals surface area contributed by atoms with Gasteiger partial charge >= 0.3 is 0 Å². The number of allylic oxidation sites excluding steroid dienone is 2. The topological polar surface area (TPSA) is 34.9 Å². The number of rotatable bonds is 2. The SMILES string of the molecule is CC(=O)/C=C(/C)c1c(C)nn(C)c1C. The van der Waals surface area contributed by atoms with Crippen LogP contribution in [0.5, 0.6) is 0 Å². The van der Waals surface area contributed by atoms with E-state index < -0.39 is 0 Å². The molecule has 1 aromatic heterocycles. The molecule has 0 radical (unpaired) electrons. The Kier molecular flexibility index (Phi) is 2.89. The van der Waals surface area contributed by atoms with E-state index in [2.05, 4.69) is 5.10 Å². The minimum atomic E-state index is 0.0742. The average molecular weight is 192 g/mol. The van der Waals surface area contributed by atoms with Gasteiger partial charge in [0.2, 0.25) is 0 Å². The Hall–Kier alpha value is -1.38. The summed E-state index contributed by atoms with van der Waals surface area (Å²) < 4.78 is 1.84. The maximum Gasteiger partial charge on any atom is 0.152 e. The molecule has 0 saturated carbocycles. The summed E-state index contributed by atoms with van der Waals surface area (Å²) in [5.74, 6) is 0.0742. The van der Waals surface area contributed by atoms with Crippen molar-refractivity contribution in [3.05, 3.63) is 23.0 Å². The largest absolute Gasteiger partial charge is 0.295 e. The molecule has 14 heavy (non-hydrogen) atoms. The van der Waals surface area contributed by atoms with Gasteiger partial charge in [-0.1, -0.05) is 0 Å². The zero-order valence-electron chi connectivity index (χ0n) is 9.38. The number of aryl methyl sites for hydroxylation is 2. The molecule has 0 bridgehead atoms. The Bertz CT molecular complexity index is 400. The van der Waals surface area contributed by atoms with E-state index in [4.69, 9.17) is 0 Å². The van der Waals surface area contributed by atoms with Gasteiger partial charge in [-0.3, -0.25) is 9.48 Å². The Balaban J connectivity index is 3.25. The first-order valence-electron chi connectivity index (χ1n) is 4.63. The smallest absolute Gasteiger partial charge is 0.152 e. The molecule has 1 rings (SSSR count). The molecular weight excluding hydrogens is 176 g/mol. The minimum absolute atomic E-state index is 0.0742. The molecule has 0 atom stereocenters. The van der Waals surface area contributed by atoms with Crippen LogP contribution in [0.1, 0.15) is 30.8 Å². The van der Waals surface area contributed by atoms with Crippen LogP contribution in [0.25, 0.3) is 5.57 Å². The molecule has 1 heterocycles. The monoisotopic (exact) mass is 192 g/mol. The van der Waals surface area contributed by atoms with Gasteiger partial charge in [-0.15, -0.1) is 0 Å². The first-order chi connectivity index (χ1) is 6.43. The number of nitrogens with zero attached hydrogens (tertiary/aromatic N) is 2. The Morgan fingerprint density at radius 2 is 1.93 bits per heavy atom. The fourth-order valence-electron chi connectivity index (χ4n) is 1.72. The van der Waals surface area contributed by atoms with Gasteiger partial charge in [0.25, 0.3) is 0 Å². The third kappa shape index (κ3) is 1.92. The Morgan fingerprint density at radius 3 is 2.29 bits per heavy atom. The van der Waals surface area contributed by atoms with Crippen molar-refractivity contribution in [2.75, 3.05) is 0 Å². The fraction of sp³-hybridized carbons (Fsp3) is 0.455. The lowest BCUT2D eigenvalue weighted by Crippen LogP contribution is -1.93. The third-order valence-electron chi connectivity index (χ3n) is 2.32. The van der Waals surface area contributed by atoms with Crippen LogP contribution in [0.2, 0.25) is 0 Å². The molecule has 0 N–H and O–H groups in total. The molecule has 1 aromatic rings. The quantitative estimate of drug-likeness (QED) is 0.672. The van der Waals surface area contributed by atoms with Crippen molar-refractivity contribution in [2.24, 2.45) is 7.05 Å². The number of aromatic nitrogens is 2. The molecule has 0 aliphatic carbocycles. The summed E-state index contributed by atoms with van der Waals surface area (Å²) in [5, 5.41) is 4.30. The molecule has 0 aliphatic heterocycles. The lowest BCUT2D eigenvalue weighted by atomic mass is 10.0. The van der Waals surface area contributed by atoms with Gasteiger partial charge in [0.15, 0.2) is 5.78 Å². The van der Waals surface area contributed by atoms with E-state index in [1.165, 1.54) is 0 Å². The number of carbonyl (C=O) groups is 1. The van der Waals surface area contributed by atoms with Crippen molar-refractivity contribution in [2.45, 2.75) is 27.7 Å². The van der Waals surface area contributed by atoms with Crippen molar-refractivity contribution in [1.82, 2.24) is 9.78 Å². The highest BCUT2D eigenvalue weighted by atomic mass is 16.1. The summed E-state index contributed by atoms with van der Waals surface area (Å²) in [7, 11) is 1.91. The zero-order valence-corrected chi connectivity index (χ0v) is 9.38. The maximum atomic E-state index is 11.0. The second kappa shape index (κ2) is 3.78. The van der Waals surface area contributed by atoms with Gasteiger partial charge in [-0.2, -0.15) is 5.10 Å². The van der Waals surface area contributed by atoms with Gasteiger partial charge in [-0.05, 0) is 39.3 Å². The predicted molar refractivity (Wildman–Crippen MR) is 57.0 cm³/mol. The van der Waals surface area contributed by atoms with Crippen LogP contribution in [-0.2, 0) is 11.8 Å². The summed E-state index contributed by atoms with van der Waals surface area (Å²) in [4.78, 5) is 11.0. The number of carbonyl (C=O) groups excluding carboxylic acids is 1. The van der Waals surface area contributed by atoms with Gasteiger partial charge in [0, 0.05) is 18.3 Å². The molecule has 3 heteroatoms. The molecule has 0 amide bonds. The van der Waals surface area contributed by atoms with Crippen molar-refractivity contribution in [1.29, 1.82) is 0 Å². The second-order valence-corrected chi connectivity index (χ2v) is 3.61. The summed E-state index contributed by atoms with van der Waals surface area (Å²) >= 11 is 0. The summed E-state index contributed by atoms with van der Waals surface area (Å²) in [6.45, 7) is 7.47. The molecular formula is C11H16N2O. The first-order valence-corrected chi connectivity index (χ1v) is 4.63. The fourth-order valence-corrected chi connectivity index (χ4v) is 1.72. The molecule has 0 aliphatic rings. The van der Waals surface area contributed by atoms with E-state index in [1.54, 1.807) is 13.0 Å². The lowest BCUT2D eigenvalue weighted by molar-refractivity contribution is -0.112. The molecule has 0 spiro atoms. The highest BCUT2D eigenvalue weighted by Crippen LogP contribution is 2.21. The third-order valence-corrected chi connectivity index (χ3v) is 2.32. The van der Waals surface area contributed by atoms with Crippen molar-refractivity contribution in [3.8, 4) is 0 Å². The second-order valence-electron chi connectivity index (χ2n) is 3.61. The molecule has 0 fully saturated rings. The van der Waals surface area contributed by atoms with Gasteiger partial charge in [0.1, 0.15) is 0 Å². The van der Waals surface area contributed by atoms with Crippen LogP contribution in [0.15, 0.2) is 6.08 Å². The van der Waals surface area contributed by atoms with Crippen LogP contribution >= 0.6 is 0 Å². The lowest BCUT2D eigenvalue weighted by Gasteiger charge is -2.00. The normalized spacial score (nSPS) is 11.9. The summed E-state index contributed by atoms with van der Waals surface area (Å²) in [6.07, 6.45) is 1.65. The van der Waals surface area contributed by atoms with Crippen molar-refractivity contribution < 1.29 is 4.79 Å². The van der Waals surface area contributed by atoms with Crippen LogP contribution in [-0.4, -0.2) is 15.6 Å². The number of hydrogen-bond acceptors (Lipinski definition) is 2. The maximum absolute atomic E-state index is 11.0. The number of hydrogen-bond donors (Lipinski definition) is 0. The van der Waals surface area contributed by atoms with E-state index in [1.807, 2.05) is 32.5 Å². The molecule has 3 nitrogen and oxygen atoms in total. The Morgan fingerprint density at radius 1 is 1.36 bits per heavy atom. The zero-order chi connectivity index (χ0) is 10.9. The van der Waals surface area contributed by atoms with E-state index in [0.717, 1.165) is 22.5 Å². The standard InChI is InChI=1S/C11H16N2O/c1-7(6-8(2)14)11-9(3)12-13(5)10(11)4/h6H,1-5H3/b7-6-. The van der Waals surface area contributed by atoms with E-state index in [9.17, 15) is 4.79 Å². The predicted octanol–water partition coefficient (Wildman–Crippen LogP) is 2.03. The van der Waals surface area contributed by atoms with Crippen molar-refractivity contribution in [3.63, 3.8) is 0 Å². The molecule has 0 unspecified atom stereocenters. The molecule has 0 saturated heterocycles. The van der Waals surface area contributed by atoms with Gasteiger partial charge in [-0.25, -0.2) is 0 Å². The first kappa shape index (κ1) is 10.7. The minimum Gasteiger partial charge on any atom is -0.295 e. The molecule has 76 valence electrons.